The smallest absolute Gasteiger partial charge is 0.155 e. The van der Waals surface area contributed by atoms with Gasteiger partial charge in [0.25, 0.3) is 0 Å². The van der Waals surface area contributed by atoms with Crippen LogP contribution in [0.3, 0.4) is 0 Å². The molecule has 0 aromatic heterocycles. The molecular formula is C10H16O2. The Morgan fingerprint density at radius 1 is 1.58 bits per heavy atom. The minimum atomic E-state index is 0.257. The lowest BCUT2D eigenvalue weighted by Crippen LogP contribution is -2.08. The van der Waals surface area contributed by atoms with E-state index in [-0.39, 0.29) is 11.9 Å². The number of hydrogen-bond acceptors (Lipinski definition) is 2. The molecule has 1 unspecified atom stereocenters. The SMILES string of the molecule is CCOC(C)CC1=CC(=O)CC1. The largest absolute Gasteiger partial charge is 0.378 e. The highest BCUT2D eigenvalue weighted by atomic mass is 16.5. The monoisotopic (exact) mass is 168 g/mol. The third kappa shape index (κ3) is 2.78. The summed E-state index contributed by atoms with van der Waals surface area (Å²) in [6, 6.07) is 0. The summed E-state index contributed by atoms with van der Waals surface area (Å²) in [7, 11) is 0. The van der Waals surface area contributed by atoms with E-state index in [1.807, 2.05) is 13.8 Å². The summed E-state index contributed by atoms with van der Waals surface area (Å²) >= 11 is 0. The van der Waals surface area contributed by atoms with Crippen LogP contribution < -0.4 is 0 Å². The van der Waals surface area contributed by atoms with Crippen LogP contribution >= 0.6 is 0 Å². The van der Waals surface area contributed by atoms with Gasteiger partial charge in [0.2, 0.25) is 0 Å². The fraction of sp³-hybridized carbons (Fsp3) is 0.700. The maximum Gasteiger partial charge on any atom is 0.155 e. The highest BCUT2D eigenvalue weighted by Gasteiger charge is 2.14. The molecule has 0 aliphatic heterocycles. The molecule has 0 saturated carbocycles. The van der Waals surface area contributed by atoms with Crippen molar-refractivity contribution in [2.75, 3.05) is 6.61 Å². The second-order valence-electron chi connectivity index (χ2n) is 3.24. The highest BCUT2D eigenvalue weighted by Crippen LogP contribution is 2.20. The van der Waals surface area contributed by atoms with Gasteiger partial charge in [0.15, 0.2) is 5.78 Å². The minimum Gasteiger partial charge on any atom is -0.378 e. The topological polar surface area (TPSA) is 26.3 Å². The summed E-state index contributed by atoms with van der Waals surface area (Å²) in [5.41, 5.74) is 1.25. The molecule has 1 aliphatic carbocycles. The van der Waals surface area contributed by atoms with Crippen LogP contribution in [-0.4, -0.2) is 18.5 Å². The Labute approximate surface area is 73.6 Å². The molecule has 1 aliphatic rings. The Bertz CT molecular complexity index is 194. The van der Waals surface area contributed by atoms with Gasteiger partial charge in [-0.2, -0.15) is 0 Å². The first-order valence-electron chi connectivity index (χ1n) is 4.56. The number of ketones is 1. The van der Waals surface area contributed by atoms with Gasteiger partial charge in [0.1, 0.15) is 0 Å². The highest BCUT2D eigenvalue weighted by molar-refractivity contribution is 5.92. The van der Waals surface area contributed by atoms with Crippen molar-refractivity contribution in [1.82, 2.24) is 0 Å². The van der Waals surface area contributed by atoms with E-state index < -0.39 is 0 Å². The molecule has 0 spiro atoms. The Hall–Kier alpha value is -0.630. The molecule has 1 rings (SSSR count). The van der Waals surface area contributed by atoms with Crippen LogP contribution in [0.2, 0.25) is 0 Å². The Morgan fingerprint density at radius 3 is 2.83 bits per heavy atom. The number of ether oxygens (including phenoxy) is 1. The predicted octanol–water partition coefficient (Wildman–Crippen LogP) is 2.09. The van der Waals surface area contributed by atoms with Crippen molar-refractivity contribution < 1.29 is 9.53 Å². The summed E-state index contributed by atoms with van der Waals surface area (Å²) in [6.07, 6.45) is 4.59. The number of hydrogen-bond donors (Lipinski definition) is 0. The normalized spacial score (nSPS) is 19.5. The van der Waals surface area contributed by atoms with E-state index in [0.29, 0.717) is 6.42 Å². The summed E-state index contributed by atoms with van der Waals surface area (Å²) in [4.78, 5) is 10.9. The lowest BCUT2D eigenvalue weighted by Gasteiger charge is -2.11. The molecule has 0 aromatic carbocycles. The number of carbonyl (C=O) groups excluding carboxylic acids is 1. The molecule has 1 atom stereocenters. The molecule has 2 heteroatoms. The zero-order valence-electron chi connectivity index (χ0n) is 7.80. The maximum atomic E-state index is 10.9. The molecule has 0 radical (unpaired) electrons. The quantitative estimate of drug-likeness (QED) is 0.642. The molecule has 0 fully saturated rings. The molecule has 0 amide bonds. The average molecular weight is 168 g/mol. The molecule has 0 heterocycles. The number of rotatable bonds is 4. The zero-order valence-corrected chi connectivity index (χ0v) is 7.80. The van der Waals surface area contributed by atoms with Crippen molar-refractivity contribution in [3.05, 3.63) is 11.6 Å². The van der Waals surface area contributed by atoms with Gasteiger partial charge in [0, 0.05) is 13.0 Å². The maximum absolute atomic E-state index is 10.9. The van der Waals surface area contributed by atoms with E-state index in [4.69, 9.17) is 4.74 Å². The van der Waals surface area contributed by atoms with Crippen molar-refractivity contribution >= 4 is 5.78 Å². The van der Waals surface area contributed by atoms with Gasteiger partial charge in [-0.1, -0.05) is 5.57 Å². The van der Waals surface area contributed by atoms with Crippen molar-refractivity contribution in [2.45, 2.75) is 39.2 Å². The van der Waals surface area contributed by atoms with Gasteiger partial charge < -0.3 is 4.74 Å². The van der Waals surface area contributed by atoms with Crippen LogP contribution in [0.5, 0.6) is 0 Å². The molecular weight excluding hydrogens is 152 g/mol. The zero-order chi connectivity index (χ0) is 8.97. The molecule has 2 nitrogen and oxygen atoms in total. The van der Waals surface area contributed by atoms with Crippen molar-refractivity contribution in [2.24, 2.45) is 0 Å². The molecule has 0 bridgehead atoms. The molecule has 0 N–H and O–H groups in total. The standard InChI is InChI=1S/C10H16O2/c1-3-12-8(2)6-9-4-5-10(11)7-9/h7-8H,3-6H2,1-2H3. The Kier molecular flexibility index (Phi) is 3.48. The van der Waals surface area contributed by atoms with E-state index in [0.717, 1.165) is 19.4 Å². The van der Waals surface area contributed by atoms with Gasteiger partial charge >= 0.3 is 0 Å². The van der Waals surface area contributed by atoms with Crippen molar-refractivity contribution in [3.63, 3.8) is 0 Å². The van der Waals surface area contributed by atoms with Gasteiger partial charge in [-0.15, -0.1) is 0 Å². The fourth-order valence-corrected chi connectivity index (χ4v) is 1.53. The average Bonchev–Trinajstić information content (AvgIpc) is 2.36. The minimum absolute atomic E-state index is 0.257. The Balaban J connectivity index is 2.31. The van der Waals surface area contributed by atoms with Crippen LogP contribution in [0.25, 0.3) is 0 Å². The van der Waals surface area contributed by atoms with Crippen LogP contribution in [0.4, 0.5) is 0 Å². The van der Waals surface area contributed by atoms with Gasteiger partial charge in [-0.25, -0.2) is 0 Å². The first-order chi connectivity index (χ1) is 5.72. The third-order valence-corrected chi connectivity index (χ3v) is 2.06. The fourth-order valence-electron chi connectivity index (χ4n) is 1.53. The van der Waals surface area contributed by atoms with Gasteiger partial charge in [0.05, 0.1) is 6.10 Å². The number of carbonyl (C=O) groups is 1. The third-order valence-electron chi connectivity index (χ3n) is 2.06. The molecule has 12 heavy (non-hydrogen) atoms. The summed E-state index contributed by atoms with van der Waals surface area (Å²) in [6.45, 7) is 4.79. The second-order valence-corrected chi connectivity index (χ2v) is 3.24. The lowest BCUT2D eigenvalue weighted by atomic mass is 10.1. The van der Waals surface area contributed by atoms with Gasteiger partial charge in [-0.3, -0.25) is 4.79 Å². The molecule has 0 aromatic rings. The van der Waals surface area contributed by atoms with Gasteiger partial charge in [-0.05, 0) is 32.8 Å². The summed E-state index contributed by atoms with van der Waals surface area (Å²) in [5.74, 6) is 0.272. The van der Waals surface area contributed by atoms with E-state index in [1.165, 1.54) is 5.57 Å². The molecule has 68 valence electrons. The van der Waals surface area contributed by atoms with Crippen LogP contribution in [0.1, 0.15) is 33.1 Å². The van der Waals surface area contributed by atoms with E-state index in [1.54, 1.807) is 6.08 Å². The summed E-state index contributed by atoms with van der Waals surface area (Å²) < 4.78 is 5.39. The molecule has 0 saturated heterocycles. The van der Waals surface area contributed by atoms with Crippen molar-refractivity contribution in [3.8, 4) is 0 Å². The van der Waals surface area contributed by atoms with E-state index in [9.17, 15) is 4.79 Å². The first-order valence-corrected chi connectivity index (χ1v) is 4.56. The van der Waals surface area contributed by atoms with Crippen LogP contribution in [0.15, 0.2) is 11.6 Å². The Morgan fingerprint density at radius 2 is 2.33 bits per heavy atom. The second kappa shape index (κ2) is 4.41. The van der Waals surface area contributed by atoms with Crippen LogP contribution in [-0.2, 0) is 9.53 Å². The van der Waals surface area contributed by atoms with Crippen LogP contribution in [0, 0.1) is 0 Å². The summed E-state index contributed by atoms with van der Waals surface area (Å²) in [5, 5.41) is 0. The number of allylic oxidation sites excluding steroid dienone is 1. The lowest BCUT2D eigenvalue weighted by molar-refractivity contribution is -0.114. The van der Waals surface area contributed by atoms with E-state index in [2.05, 4.69) is 0 Å². The van der Waals surface area contributed by atoms with E-state index >= 15 is 0 Å². The predicted molar refractivity (Wildman–Crippen MR) is 48.0 cm³/mol. The first kappa shape index (κ1) is 9.46. The van der Waals surface area contributed by atoms with Crippen molar-refractivity contribution in [1.29, 1.82) is 0 Å².